The Morgan fingerprint density at radius 3 is 2.75 bits per heavy atom. The van der Waals surface area contributed by atoms with Crippen LogP contribution in [-0.4, -0.2) is 30.9 Å². The van der Waals surface area contributed by atoms with Crippen LogP contribution in [0, 0.1) is 0 Å². The summed E-state index contributed by atoms with van der Waals surface area (Å²) >= 11 is 1.57. The van der Waals surface area contributed by atoms with Crippen molar-refractivity contribution in [3.05, 3.63) is 70.8 Å². The quantitative estimate of drug-likeness (QED) is 0.493. The second-order valence-electron chi connectivity index (χ2n) is 6.20. The third-order valence-corrected chi connectivity index (χ3v) is 4.81. The van der Waals surface area contributed by atoms with Gasteiger partial charge in [-0.05, 0) is 22.6 Å². The zero-order valence-corrected chi connectivity index (χ0v) is 15.8. The van der Waals surface area contributed by atoms with Crippen LogP contribution in [0.15, 0.2) is 58.2 Å². The van der Waals surface area contributed by atoms with E-state index in [2.05, 4.69) is 25.6 Å². The number of benzene rings is 1. The van der Waals surface area contributed by atoms with Crippen LogP contribution in [-0.2, 0) is 24.3 Å². The summed E-state index contributed by atoms with van der Waals surface area (Å²) in [7, 11) is 0. The molecule has 0 aliphatic carbocycles. The van der Waals surface area contributed by atoms with E-state index in [1.54, 1.807) is 22.3 Å². The average Bonchev–Trinajstić information content (AvgIpc) is 3.48. The molecule has 0 atom stereocenters. The van der Waals surface area contributed by atoms with Gasteiger partial charge in [0.05, 0.1) is 6.54 Å². The molecule has 0 aliphatic heterocycles. The highest BCUT2D eigenvalue weighted by atomic mass is 32.1. The van der Waals surface area contributed by atoms with Crippen molar-refractivity contribution in [2.24, 2.45) is 0 Å². The van der Waals surface area contributed by atoms with Crippen molar-refractivity contribution in [2.45, 2.75) is 25.9 Å². The van der Waals surface area contributed by atoms with E-state index in [0.717, 1.165) is 16.7 Å². The van der Waals surface area contributed by atoms with Crippen LogP contribution in [0.4, 0.5) is 0 Å². The second kappa shape index (κ2) is 8.57. The molecule has 0 spiro atoms. The number of amides is 1. The Hall–Kier alpha value is -3.33. The number of thiophene rings is 1. The predicted octanol–water partition coefficient (Wildman–Crippen LogP) is 2.69. The Kier molecular flexibility index (Phi) is 5.53. The molecule has 142 valence electrons. The minimum absolute atomic E-state index is 0.0537. The molecule has 4 rings (SSSR count). The number of rotatable bonds is 8. The highest BCUT2D eigenvalue weighted by Crippen LogP contribution is 2.20. The van der Waals surface area contributed by atoms with Crippen LogP contribution in [0.2, 0.25) is 0 Å². The fraction of sp³-hybridized carbons (Fsp3) is 0.211. The molecule has 0 unspecified atom stereocenters. The first-order valence-electron chi connectivity index (χ1n) is 8.78. The zero-order valence-electron chi connectivity index (χ0n) is 15.0. The molecule has 1 aromatic carbocycles. The van der Waals surface area contributed by atoms with E-state index < -0.39 is 0 Å². The summed E-state index contributed by atoms with van der Waals surface area (Å²) in [5, 5.41) is 18.9. The monoisotopic (exact) mass is 394 g/mol. The molecule has 28 heavy (non-hydrogen) atoms. The van der Waals surface area contributed by atoms with Gasteiger partial charge in [-0.15, -0.1) is 10.2 Å². The number of hydrogen-bond acceptors (Lipinski definition) is 7. The van der Waals surface area contributed by atoms with E-state index >= 15 is 0 Å². The minimum atomic E-state index is -0.0537. The van der Waals surface area contributed by atoms with Gasteiger partial charge in [-0.2, -0.15) is 16.4 Å². The van der Waals surface area contributed by atoms with Crippen LogP contribution < -0.4 is 5.32 Å². The lowest BCUT2D eigenvalue weighted by atomic mass is 10.1. The first-order chi connectivity index (χ1) is 13.8. The third-order valence-electron chi connectivity index (χ3n) is 4.12. The average molecular weight is 394 g/mol. The van der Waals surface area contributed by atoms with Crippen LogP contribution in [0.3, 0.4) is 0 Å². The van der Waals surface area contributed by atoms with E-state index in [9.17, 15) is 4.79 Å². The molecule has 0 fully saturated rings. The molecule has 4 aromatic rings. The zero-order chi connectivity index (χ0) is 19.2. The fourth-order valence-electron chi connectivity index (χ4n) is 2.63. The summed E-state index contributed by atoms with van der Waals surface area (Å²) in [5.74, 6) is 0.901. The molecule has 0 radical (unpaired) electrons. The third kappa shape index (κ3) is 4.68. The minimum Gasteiger partial charge on any atom is -0.421 e. The van der Waals surface area contributed by atoms with Gasteiger partial charge in [0.2, 0.25) is 17.7 Å². The summed E-state index contributed by atoms with van der Waals surface area (Å²) in [4.78, 5) is 16.0. The predicted molar refractivity (Wildman–Crippen MR) is 103 cm³/mol. The van der Waals surface area contributed by atoms with Gasteiger partial charge in [-0.25, -0.2) is 9.67 Å². The van der Waals surface area contributed by atoms with Gasteiger partial charge in [-0.3, -0.25) is 4.79 Å². The normalized spacial score (nSPS) is 10.9. The number of aryl methyl sites for hydroxylation is 1. The van der Waals surface area contributed by atoms with E-state index in [1.807, 2.05) is 41.1 Å². The first kappa shape index (κ1) is 18.1. The lowest BCUT2D eigenvalue weighted by Gasteiger charge is -2.06. The number of carbonyl (C=O) groups is 1. The Morgan fingerprint density at radius 1 is 1.14 bits per heavy atom. The van der Waals surface area contributed by atoms with Gasteiger partial charge < -0.3 is 9.73 Å². The molecule has 3 heterocycles. The lowest BCUT2D eigenvalue weighted by molar-refractivity contribution is -0.121. The summed E-state index contributed by atoms with van der Waals surface area (Å²) < 4.78 is 7.35. The molecule has 0 aliphatic rings. The maximum absolute atomic E-state index is 12.1. The summed E-state index contributed by atoms with van der Waals surface area (Å²) in [5.41, 5.74) is 3.06. The smallest absolute Gasteiger partial charge is 0.248 e. The molecule has 3 aromatic heterocycles. The standard InChI is InChI=1S/C19H18N6O2S/c26-17(5-6-18-23-24-19(27-18)16-7-8-28-11-16)21-9-14-1-3-15(4-2-14)10-25-13-20-12-22-25/h1-4,7-8,11-13H,5-6,9-10H2,(H,21,26). The van der Waals surface area contributed by atoms with Gasteiger partial charge in [-0.1, -0.05) is 24.3 Å². The topological polar surface area (TPSA) is 98.7 Å². The van der Waals surface area contributed by atoms with E-state index in [-0.39, 0.29) is 5.91 Å². The molecule has 0 saturated heterocycles. The molecular formula is C19H18N6O2S. The lowest BCUT2D eigenvalue weighted by Crippen LogP contribution is -2.23. The Bertz CT molecular complexity index is 1010. The fourth-order valence-corrected chi connectivity index (χ4v) is 3.26. The van der Waals surface area contributed by atoms with Gasteiger partial charge in [0.15, 0.2) is 0 Å². The first-order valence-corrected chi connectivity index (χ1v) is 9.72. The van der Waals surface area contributed by atoms with Crippen molar-refractivity contribution < 1.29 is 9.21 Å². The van der Waals surface area contributed by atoms with Gasteiger partial charge >= 0.3 is 0 Å². The highest BCUT2D eigenvalue weighted by Gasteiger charge is 2.10. The van der Waals surface area contributed by atoms with Gasteiger partial charge in [0, 0.05) is 30.3 Å². The molecule has 1 N–H and O–H groups in total. The second-order valence-corrected chi connectivity index (χ2v) is 6.98. The Balaban J connectivity index is 1.22. The number of carbonyl (C=O) groups excluding carboxylic acids is 1. The summed E-state index contributed by atoms with van der Waals surface area (Å²) in [6.45, 7) is 1.15. The van der Waals surface area contributed by atoms with Crippen molar-refractivity contribution in [3.8, 4) is 11.5 Å². The number of nitrogens with zero attached hydrogens (tertiary/aromatic N) is 5. The maximum atomic E-state index is 12.1. The van der Waals surface area contributed by atoms with E-state index in [1.165, 1.54) is 6.33 Å². The Labute approximate surface area is 165 Å². The van der Waals surface area contributed by atoms with Crippen molar-refractivity contribution in [1.82, 2.24) is 30.3 Å². The number of hydrogen-bond donors (Lipinski definition) is 1. The van der Waals surface area contributed by atoms with Gasteiger partial charge in [0.1, 0.15) is 12.7 Å². The molecule has 1 amide bonds. The molecule has 0 bridgehead atoms. The van der Waals surface area contributed by atoms with Crippen molar-refractivity contribution >= 4 is 17.2 Å². The van der Waals surface area contributed by atoms with E-state index in [0.29, 0.717) is 37.7 Å². The number of aromatic nitrogens is 5. The van der Waals surface area contributed by atoms with Crippen molar-refractivity contribution in [3.63, 3.8) is 0 Å². The maximum Gasteiger partial charge on any atom is 0.248 e. The van der Waals surface area contributed by atoms with Crippen LogP contribution in [0.1, 0.15) is 23.4 Å². The molecule has 9 heteroatoms. The molecule has 8 nitrogen and oxygen atoms in total. The summed E-state index contributed by atoms with van der Waals surface area (Å²) in [6, 6.07) is 9.96. The van der Waals surface area contributed by atoms with Crippen molar-refractivity contribution in [1.29, 1.82) is 0 Å². The molecular weight excluding hydrogens is 376 g/mol. The summed E-state index contributed by atoms with van der Waals surface area (Å²) in [6.07, 6.45) is 3.91. The Morgan fingerprint density at radius 2 is 2.00 bits per heavy atom. The highest BCUT2D eigenvalue weighted by molar-refractivity contribution is 7.08. The van der Waals surface area contributed by atoms with Gasteiger partial charge in [0.25, 0.3) is 0 Å². The van der Waals surface area contributed by atoms with Crippen LogP contribution in [0.25, 0.3) is 11.5 Å². The molecule has 0 saturated carbocycles. The van der Waals surface area contributed by atoms with Crippen molar-refractivity contribution in [2.75, 3.05) is 0 Å². The number of nitrogens with one attached hydrogen (secondary N) is 1. The van der Waals surface area contributed by atoms with Crippen LogP contribution >= 0.6 is 11.3 Å². The van der Waals surface area contributed by atoms with Crippen LogP contribution in [0.5, 0.6) is 0 Å². The SMILES string of the molecule is O=C(CCc1nnc(-c2ccsc2)o1)NCc1ccc(Cn2cncn2)cc1. The largest absolute Gasteiger partial charge is 0.421 e. The van der Waals surface area contributed by atoms with E-state index in [4.69, 9.17) is 4.42 Å².